The van der Waals surface area contributed by atoms with E-state index < -0.39 is 14.0 Å². The molecule has 0 bridgehead atoms. The molecule has 0 fully saturated rings. The maximum atomic E-state index is 13.5. The Morgan fingerprint density at radius 1 is 1.26 bits per heavy atom. The van der Waals surface area contributed by atoms with Crippen molar-refractivity contribution >= 4 is 43.2 Å². The number of aliphatic carboxylic acids is 1. The quantitative estimate of drug-likeness (QED) is 0.172. The number of benzene rings is 1. The number of aromatic nitrogens is 3. The van der Waals surface area contributed by atoms with Crippen molar-refractivity contribution in [1.29, 1.82) is 0 Å². The van der Waals surface area contributed by atoms with Gasteiger partial charge in [-0.1, -0.05) is 54.6 Å². The minimum absolute atomic E-state index is 0.00948. The lowest BCUT2D eigenvalue weighted by molar-refractivity contribution is -0.132. The molecule has 12 heteroatoms. The Morgan fingerprint density at radius 3 is 2.67 bits per heavy atom. The zero-order valence-electron chi connectivity index (χ0n) is 22.5. The molecule has 0 unspecified atom stereocenters. The van der Waals surface area contributed by atoms with Crippen LogP contribution >= 0.6 is 23.2 Å². The van der Waals surface area contributed by atoms with Gasteiger partial charge in [-0.25, -0.2) is 9.48 Å². The predicted molar refractivity (Wildman–Crippen MR) is 152 cm³/mol. The summed E-state index contributed by atoms with van der Waals surface area (Å²) >= 11 is 12.2. The van der Waals surface area contributed by atoms with Crippen LogP contribution in [0, 0.1) is 0 Å². The van der Waals surface area contributed by atoms with E-state index in [1.807, 2.05) is 6.92 Å². The minimum Gasteiger partial charge on any atom is -0.478 e. The van der Waals surface area contributed by atoms with E-state index in [0.29, 0.717) is 52.1 Å². The molecule has 1 N–H and O–H groups in total. The van der Waals surface area contributed by atoms with Crippen molar-refractivity contribution in [1.82, 2.24) is 19.8 Å². The molecule has 0 spiro atoms. The molecule has 1 aromatic carbocycles. The number of rotatable bonds is 10. The number of carboxylic acids is 1. The van der Waals surface area contributed by atoms with E-state index in [1.165, 1.54) is 6.26 Å². The summed E-state index contributed by atoms with van der Waals surface area (Å²) in [4.78, 5) is 26.8. The maximum absolute atomic E-state index is 13.5. The Kier molecular flexibility index (Phi) is 8.70. The van der Waals surface area contributed by atoms with Gasteiger partial charge in [-0.2, -0.15) is 5.10 Å². The summed E-state index contributed by atoms with van der Waals surface area (Å²) in [6, 6.07) is 5.46. The predicted octanol–water partition coefficient (Wildman–Crippen LogP) is 6.10. The van der Waals surface area contributed by atoms with Crippen LogP contribution in [0.2, 0.25) is 35.7 Å². The fraction of sp³-hybridized carbons (Fsp3) is 0.407. The Balaban J connectivity index is 1.72. The van der Waals surface area contributed by atoms with Crippen molar-refractivity contribution in [3.05, 3.63) is 69.0 Å². The van der Waals surface area contributed by atoms with Crippen molar-refractivity contribution in [2.24, 2.45) is 0 Å². The number of fused-ring (bicyclic) bond motifs is 1. The first kappa shape index (κ1) is 29.1. The second kappa shape index (κ2) is 11.7. The molecule has 39 heavy (non-hydrogen) atoms. The lowest BCUT2D eigenvalue weighted by atomic mass is 9.93. The summed E-state index contributed by atoms with van der Waals surface area (Å²) in [6.07, 6.45) is 1.99. The zero-order chi connectivity index (χ0) is 28.5. The zero-order valence-corrected chi connectivity index (χ0v) is 25.0. The second-order valence-corrected chi connectivity index (χ2v) is 17.3. The first-order valence-electron chi connectivity index (χ1n) is 12.7. The van der Waals surface area contributed by atoms with Gasteiger partial charge in [-0.15, -0.1) is 0 Å². The van der Waals surface area contributed by atoms with Gasteiger partial charge in [0.2, 0.25) is 0 Å². The topological polar surface area (TPSA) is 111 Å². The highest BCUT2D eigenvalue weighted by Crippen LogP contribution is 2.39. The Morgan fingerprint density at radius 2 is 2.00 bits per heavy atom. The van der Waals surface area contributed by atoms with Crippen LogP contribution in [0.25, 0.3) is 11.4 Å². The Labute approximate surface area is 238 Å². The molecule has 0 aliphatic carbocycles. The second-order valence-electron chi connectivity index (χ2n) is 10.9. The summed E-state index contributed by atoms with van der Waals surface area (Å²) in [7, 11) is -1.29. The van der Waals surface area contributed by atoms with E-state index in [9.17, 15) is 14.7 Å². The number of halogens is 2. The van der Waals surface area contributed by atoms with E-state index in [1.54, 1.807) is 27.8 Å². The largest absolute Gasteiger partial charge is 0.478 e. The average molecular weight is 592 g/mol. The first-order valence-corrected chi connectivity index (χ1v) is 17.1. The van der Waals surface area contributed by atoms with Gasteiger partial charge < -0.3 is 19.3 Å². The van der Waals surface area contributed by atoms with E-state index in [2.05, 4.69) is 31.4 Å². The van der Waals surface area contributed by atoms with Crippen LogP contribution in [0.1, 0.15) is 40.1 Å². The summed E-state index contributed by atoms with van der Waals surface area (Å²) in [5.41, 5.74) is 3.75. The Bertz CT molecular complexity index is 1410. The fourth-order valence-electron chi connectivity index (χ4n) is 4.55. The number of amides is 1. The lowest BCUT2D eigenvalue weighted by Gasteiger charge is -2.33. The van der Waals surface area contributed by atoms with E-state index in [4.69, 9.17) is 37.6 Å². The van der Waals surface area contributed by atoms with Crippen LogP contribution in [0.4, 0.5) is 0 Å². The number of ether oxygens (including phenoxy) is 1. The average Bonchev–Trinajstić information content (AvgIpc) is 3.46. The summed E-state index contributed by atoms with van der Waals surface area (Å²) < 4.78 is 13.1. The SMILES string of the molecule is C=C(Cc1conc1-c1c2c(nn1COCC[Si](C)(C)C)CCN(C(=O)c1ccc(Cl)c(Cl)c1)[C@@H]2C)C(=O)O. The highest BCUT2D eigenvalue weighted by atomic mass is 35.5. The van der Waals surface area contributed by atoms with Gasteiger partial charge in [0.15, 0.2) is 0 Å². The third kappa shape index (κ3) is 6.46. The minimum atomic E-state index is -1.29. The number of hydrogen-bond donors (Lipinski definition) is 1. The number of nitrogens with zero attached hydrogens (tertiary/aromatic N) is 4. The highest BCUT2D eigenvalue weighted by Gasteiger charge is 2.36. The van der Waals surface area contributed by atoms with Crippen molar-refractivity contribution in [3.8, 4) is 11.4 Å². The van der Waals surface area contributed by atoms with Gasteiger partial charge in [-0.3, -0.25) is 4.79 Å². The van der Waals surface area contributed by atoms with E-state index in [0.717, 1.165) is 17.3 Å². The number of carbonyl (C=O) groups is 2. The normalized spacial score (nSPS) is 15.3. The molecule has 0 saturated heterocycles. The van der Waals surface area contributed by atoms with Crippen molar-refractivity contribution in [2.45, 2.75) is 58.2 Å². The van der Waals surface area contributed by atoms with E-state index >= 15 is 0 Å². The summed E-state index contributed by atoms with van der Waals surface area (Å²) in [6.45, 7) is 13.7. The van der Waals surface area contributed by atoms with Crippen LogP contribution < -0.4 is 0 Å². The van der Waals surface area contributed by atoms with Crippen molar-refractivity contribution < 1.29 is 24.0 Å². The number of carbonyl (C=O) groups excluding carboxylic acids is 1. The molecule has 0 saturated carbocycles. The van der Waals surface area contributed by atoms with Crippen LogP contribution in [-0.2, 0) is 29.1 Å². The number of hydrogen-bond acceptors (Lipinski definition) is 6. The first-order chi connectivity index (χ1) is 18.4. The molecule has 2 aromatic heterocycles. The molecular weight excluding hydrogens is 559 g/mol. The molecule has 1 aliphatic rings. The van der Waals surface area contributed by atoms with Crippen LogP contribution in [-0.4, -0.2) is 58.0 Å². The molecule has 1 amide bonds. The maximum Gasteiger partial charge on any atom is 0.331 e. The third-order valence-electron chi connectivity index (χ3n) is 6.75. The van der Waals surface area contributed by atoms with Crippen molar-refractivity contribution in [3.63, 3.8) is 0 Å². The molecular formula is C27H32Cl2N4O5Si. The standard InChI is InChI=1S/C27H32Cl2N4O5Si/c1-16(27(35)36)12-19-14-38-31-24(19)25-23-17(2)32(26(34)18-6-7-20(28)21(29)13-18)9-8-22(23)30-33(25)15-37-10-11-39(3,4)5/h6-7,13-14,17H,1,8-12,15H2,2-5H3,(H,35,36)/t17-/m1/s1. The summed E-state index contributed by atoms with van der Waals surface area (Å²) in [5.74, 6) is -1.28. The van der Waals surface area contributed by atoms with Gasteiger partial charge in [-0.05, 0) is 31.2 Å². The molecule has 0 radical (unpaired) electrons. The van der Waals surface area contributed by atoms with E-state index in [-0.39, 0.29) is 30.7 Å². The number of carboxylic acid groups (broad SMARTS) is 1. The van der Waals surface area contributed by atoms with Gasteiger partial charge in [0.05, 0.1) is 27.5 Å². The molecule has 9 nitrogen and oxygen atoms in total. The monoisotopic (exact) mass is 590 g/mol. The van der Waals surface area contributed by atoms with Gasteiger partial charge >= 0.3 is 5.97 Å². The highest BCUT2D eigenvalue weighted by molar-refractivity contribution is 6.76. The summed E-state index contributed by atoms with van der Waals surface area (Å²) in [5, 5.41) is 19.2. The molecule has 1 aliphatic heterocycles. The van der Waals surface area contributed by atoms with Crippen LogP contribution in [0.5, 0.6) is 0 Å². The molecule has 1 atom stereocenters. The Hall–Kier alpha value is -2.92. The molecule has 208 valence electrons. The smallest absolute Gasteiger partial charge is 0.331 e. The van der Waals surface area contributed by atoms with Crippen LogP contribution in [0.15, 0.2) is 41.1 Å². The van der Waals surface area contributed by atoms with Gasteiger partial charge in [0, 0.05) is 56.3 Å². The third-order valence-corrected chi connectivity index (χ3v) is 9.19. The van der Waals surface area contributed by atoms with Crippen molar-refractivity contribution in [2.75, 3.05) is 13.2 Å². The van der Waals surface area contributed by atoms with Gasteiger partial charge in [0.1, 0.15) is 18.7 Å². The van der Waals surface area contributed by atoms with Gasteiger partial charge in [0.25, 0.3) is 5.91 Å². The van der Waals surface area contributed by atoms with Crippen LogP contribution in [0.3, 0.4) is 0 Å². The fourth-order valence-corrected chi connectivity index (χ4v) is 5.61. The molecule has 4 rings (SSSR count). The molecule has 3 heterocycles. The lowest BCUT2D eigenvalue weighted by Crippen LogP contribution is -2.38. The molecule has 3 aromatic rings.